The first-order valence-electron chi connectivity index (χ1n) is 4.93. The first-order chi connectivity index (χ1) is 9.12. The van der Waals surface area contributed by atoms with Gasteiger partial charge < -0.3 is 10.1 Å². The number of H-pyrrole nitrogens is 1. The van der Waals surface area contributed by atoms with Gasteiger partial charge in [-0.3, -0.25) is 14.9 Å². The smallest absolute Gasteiger partial charge is 0.417 e. The van der Waals surface area contributed by atoms with Gasteiger partial charge in [0, 0.05) is 9.86 Å². The Morgan fingerprint density at radius 1 is 1.35 bits per heavy atom. The van der Waals surface area contributed by atoms with Crippen LogP contribution >= 0.6 is 15.9 Å². The highest BCUT2D eigenvalue weighted by Gasteiger charge is 2.34. The van der Waals surface area contributed by atoms with Crippen molar-refractivity contribution < 1.29 is 23.2 Å². The number of benzene rings is 1. The van der Waals surface area contributed by atoms with Crippen LogP contribution in [-0.2, 0) is 6.18 Å². The maximum atomic E-state index is 12.7. The normalized spacial score (nSPS) is 11.8. The molecule has 0 unspecified atom stereocenters. The van der Waals surface area contributed by atoms with Crippen LogP contribution in [0, 0.1) is 10.1 Å². The van der Waals surface area contributed by atoms with Crippen LogP contribution in [0.2, 0.25) is 0 Å². The lowest BCUT2D eigenvalue weighted by molar-refractivity contribution is -0.387. The Kier molecular flexibility index (Phi) is 3.20. The number of alkyl halides is 3. The number of aromatic amines is 1. The Hall–Kier alpha value is -2.10. The van der Waals surface area contributed by atoms with Crippen molar-refractivity contribution in [2.24, 2.45) is 0 Å². The quantitative estimate of drug-likeness (QED) is 0.609. The van der Waals surface area contributed by atoms with Crippen molar-refractivity contribution in [3.05, 3.63) is 42.6 Å². The lowest BCUT2D eigenvalue weighted by Gasteiger charge is -2.11. The first-order valence-corrected chi connectivity index (χ1v) is 5.72. The third-order valence-corrected chi connectivity index (χ3v) is 3.19. The molecule has 1 heterocycles. The Balaban J connectivity index is 2.91. The molecule has 1 aromatic carbocycles. The van der Waals surface area contributed by atoms with Crippen LogP contribution in [0.3, 0.4) is 0 Å². The number of nitro groups is 1. The Bertz CT molecular complexity index is 785. The van der Waals surface area contributed by atoms with Crippen molar-refractivity contribution in [1.29, 1.82) is 0 Å². The van der Waals surface area contributed by atoms with E-state index in [2.05, 4.69) is 15.9 Å². The zero-order valence-corrected chi connectivity index (χ0v) is 10.9. The minimum Gasteiger partial charge on any atom is -0.501 e. The molecule has 2 rings (SSSR count). The third-order valence-electron chi connectivity index (χ3n) is 2.54. The maximum absolute atomic E-state index is 12.7. The molecular weight excluding hydrogens is 349 g/mol. The van der Waals surface area contributed by atoms with Crippen molar-refractivity contribution in [3.63, 3.8) is 0 Å². The van der Waals surface area contributed by atoms with E-state index in [-0.39, 0.29) is 10.9 Å². The molecule has 20 heavy (non-hydrogen) atoms. The van der Waals surface area contributed by atoms with Crippen LogP contribution in [0.25, 0.3) is 10.9 Å². The molecule has 106 valence electrons. The molecule has 0 aliphatic heterocycles. The summed E-state index contributed by atoms with van der Waals surface area (Å²) in [5.74, 6) is -0.983. The average molecular weight is 353 g/mol. The fourth-order valence-electron chi connectivity index (χ4n) is 1.68. The van der Waals surface area contributed by atoms with Gasteiger partial charge in [-0.2, -0.15) is 13.2 Å². The second-order valence-corrected chi connectivity index (χ2v) is 4.64. The number of halogens is 4. The SMILES string of the molecule is O=c1[nH]c2cc(C(F)(F)F)c(Br)cc2c(O)c1[N+](=O)[O-]. The Morgan fingerprint density at radius 3 is 2.45 bits per heavy atom. The van der Waals surface area contributed by atoms with Gasteiger partial charge in [-0.1, -0.05) is 15.9 Å². The molecular formula is C10H4BrF3N2O4. The van der Waals surface area contributed by atoms with E-state index in [1.807, 2.05) is 4.98 Å². The molecule has 0 bridgehead atoms. The molecule has 0 amide bonds. The van der Waals surface area contributed by atoms with Crippen LogP contribution in [0.5, 0.6) is 5.75 Å². The van der Waals surface area contributed by atoms with E-state index >= 15 is 0 Å². The van der Waals surface area contributed by atoms with Gasteiger partial charge in [0.05, 0.1) is 16.0 Å². The molecule has 0 aliphatic carbocycles. The molecule has 0 saturated heterocycles. The highest BCUT2D eigenvalue weighted by molar-refractivity contribution is 9.10. The van der Waals surface area contributed by atoms with Crippen molar-refractivity contribution in [1.82, 2.24) is 4.98 Å². The van der Waals surface area contributed by atoms with Gasteiger partial charge in [0.25, 0.3) is 0 Å². The minimum absolute atomic E-state index is 0.267. The monoisotopic (exact) mass is 352 g/mol. The van der Waals surface area contributed by atoms with E-state index in [4.69, 9.17) is 0 Å². The Labute approximate surface area is 116 Å². The molecule has 0 radical (unpaired) electrons. The van der Waals surface area contributed by atoms with E-state index in [1.54, 1.807) is 0 Å². The van der Waals surface area contributed by atoms with Gasteiger partial charge in [0.1, 0.15) is 0 Å². The predicted molar refractivity (Wildman–Crippen MR) is 65.6 cm³/mol. The molecule has 2 N–H and O–H groups in total. The summed E-state index contributed by atoms with van der Waals surface area (Å²) >= 11 is 2.67. The third kappa shape index (κ3) is 2.22. The van der Waals surface area contributed by atoms with Crippen LogP contribution in [0.1, 0.15) is 5.56 Å². The fourth-order valence-corrected chi connectivity index (χ4v) is 2.24. The number of aromatic hydroxyl groups is 1. The molecule has 1 aromatic heterocycles. The van der Waals surface area contributed by atoms with E-state index in [9.17, 15) is 33.2 Å². The lowest BCUT2D eigenvalue weighted by Crippen LogP contribution is -2.13. The Morgan fingerprint density at radius 2 is 1.95 bits per heavy atom. The number of hydrogen-bond donors (Lipinski definition) is 2. The van der Waals surface area contributed by atoms with Gasteiger partial charge in [0.2, 0.25) is 5.75 Å². The highest BCUT2D eigenvalue weighted by atomic mass is 79.9. The number of nitrogens with one attached hydrogen (secondary N) is 1. The number of rotatable bonds is 1. The lowest BCUT2D eigenvalue weighted by atomic mass is 10.1. The van der Waals surface area contributed by atoms with E-state index in [0.29, 0.717) is 6.07 Å². The maximum Gasteiger partial charge on any atom is 0.417 e. The molecule has 0 aliphatic rings. The second kappa shape index (κ2) is 4.47. The van der Waals surface area contributed by atoms with Gasteiger partial charge in [-0.05, 0) is 12.1 Å². The summed E-state index contributed by atoms with van der Waals surface area (Å²) in [6.45, 7) is 0. The van der Waals surface area contributed by atoms with E-state index in [1.165, 1.54) is 0 Å². The topological polar surface area (TPSA) is 96.2 Å². The summed E-state index contributed by atoms with van der Waals surface area (Å²) in [6.07, 6.45) is -4.68. The summed E-state index contributed by atoms with van der Waals surface area (Å²) in [5, 5.41) is 20.0. The van der Waals surface area contributed by atoms with Gasteiger partial charge in [0.15, 0.2) is 0 Å². The summed E-state index contributed by atoms with van der Waals surface area (Å²) in [5.41, 5.74) is -3.83. The van der Waals surface area contributed by atoms with Crippen LogP contribution in [-0.4, -0.2) is 15.0 Å². The first kappa shape index (κ1) is 14.3. The summed E-state index contributed by atoms with van der Waals surface area (Å²) in [6, 6.07) is 1.45. The number of aromatic nitrogens is 1. The molecule has 0 spiro atoms. The number of pyridine rings is 1. The van der Waals surface area contributed by atoms with Crippen LogP contribution in [0.4, 0.5) is 18.9 Å². The molecule has 0 saturated carbocycles. The van der Waals surface area contributed by atoms with Gasteiger partial charge >= 0.3 is 17.4 Å². The average Bonchev–Trinajstić information content (AvgIpc) is 2.27. The van der Waals surface area contributed by atoms with Gasteiger partial charge in [-0.15, -0.1) is 0 Å². The van der Waals surface area contributed by atoms with Crippen molar-refractivity contribution >= 4 is 32.5 Å². The summed E-state index contributed by atoms with van der Waals surface area (Å²) in [7, 11) is 0. The predicted octanol–water partition coefficient (Wildman–Crippen LogP) is 2.92. The second-order valence-electron chi connectivity index (χ2n) is 3.78. The number of fused-ring (bicyclic) bond motifs is 1. The van der Waals surface area contributed by atoms with E-state index < -0.39 is 38.1 Å². The fraction of sp³-hybridized carbons (Fsp3) is 0.100. The molecule has 6 nitrogen and oxygen atoms in total. The standard InChI is InChI=1S/C10H4BrF3N2O4/c11-5-1-3-6(2-4(5)10(12,13)14)15-9(18)7(8(3)17)16(19)20/h1-2H,(H2,15,17,18). The van der Waals surface area contributed by atoms with Crippen molar-refractivity contribution in [2.45, 2.75) is 6.18 Å². The number of nitrogens with zero attached hydrogens (tertiary/aromatic N) is 1. The molecule has 2 aromatic rings. The minimum atomic E-state index is -4.68. The summed E-state index contributed by atoms with van der Waals surface area (Å²) < 4.78 is 37.7. The van der Waals surface area contributed by atoms with Crippen molar-refractivity contribution in [3.8, 4) is 5.75 Å². The van der Waals surface area contributed by atoms with E-state index in [0.717, 1.165) is 6.07 Å². The molecule has 0 atom stereocenters. The van der Waals surface area contributed by atoms with Gasteiger partial charge in [-0.25, -0.2) is 0 Å². The molecule has 10 heteroatoms. The largest absolute Gasteiger partial charge is 0.501 e. The summed E-state index contributed by atoms with van der Waals surface area (Å²) in [4.78, 5) is 22.9. The van der Waals surface area contributed by atoms with Crippen molar-refractivity contribution in [2.75, 3.05) is 0 Å². The van der Waals surface area contributed by atoms with Crippen LogP contribution in [0.15, 0.2) is 21.4 Å². The zero-order chi connectivity index (χ0) is 15.2. The molecule has 0 fully saturated rings. The zero-order valence-electron chi connectivity index (χ0n) is 9.29. The van der Waals surface area contributed by atoms with Crippen LogP contribution < -0.4 is 5.56 Å². The number of hydrogen-bond acceptors (Lipinski definition) is 4. The highest BCUT2D eigenvalue weighted by Crippen LogP contribution is 2.39.